The highest BCUT2D eigenvalue weighted by Gasteiger charge is 2.21. The summed E-state index contributed by atoms with van der Waals surface area (Å²) in [6.07, 6.45) is 2.14. The number of hydrogen-bond donors (Lipinski definition) is 3. The van der Waals surface area contributed by atoms with Gasteiger partial charge in [0.2, 0.25) is 5.91 Å². The second kappa shape index (κ2) is 17.2. The standard InChI is InChI=1S/C41H33N5O5S2/c1-2-37(40(49)45-41-44-36(26-52-41)31-15-9-17-33(24-31)46(50)51)53-34-18-10-16-32(25-34)42-39(48)35(43-38(47)30-13-7-4-8-14-30)23-27-19-21-29(22-20-27)28-11-5-3-6-12-28/h3-26,37H,2H2,1H3,(H,42,48)(H,43,47)(H,44,45,49)/b35-23+. The van der Waals surface area contributed by atoms with Crippen molar-refractivity contribution in [3.05, 3.63) is 166 Å². The molecule has 53 heavy (non-hydrogen) atoms. The molecule has 12 heteroatoms. The molecule has 6 aromatic rings. The monoisotopic (exact) mass is 739 g/mol. The van der Waals surface area contributed by atoms with E-state index in [1.807, 2.05) is 73.7 Å². The summed E-state index contributed by atoms with van der Waals surface area (Å²) in [5.41, 5.74) is 4.82. The highest BCUT2D eigenvalue weighted by molar-refractivity contribution is 8.00. The Labute approximate surface area is 314 Å². The van der Waals surface area contributed by atoms with E-state index in [-0.39, 0.29) is 17.3 Å². The summed E-state index contributed by atoms with van der Waals surface area (Å²) in [6, 6.07) is 39.6. The van der Waals surface area contributed by atoms with Crippen LogP contribution in [0.25, 0.3) is 28.5 Å². The molecule has 0 bridgehead atoms. The van der Waals surface area contributed by atoms with Gasteiger partial charge >= 0.3 is 0 Å². The molecule has 0 aliphatic carbocycles. The fraction of sp³-hybridized carbons (Fsp3) is 0.0732. The van der Waals surface area contributed by atoms with Crippen molar-refractivity contribution in [1.82, 2.24) is 10.3 Å². The number of thiazole rings is 1. The van der Waals surface area contributed by atoms with Crippen molar-refractivity contribution in [3.63, 3.8) is 0 Å². The predicted molar refractivity (Wildman–Crippen MR) is 212 cm³/mol. The largest absolute Gasteiger partial charge is 0.321 e. The van der Waals surface area contributed by atoms with Gasteiger partial charge in [0.15, 0.2) is 5.13 Å². The van der Waals surface area contributed by atoms with Crippen LogP contribution >= 0.6 is 23.1 Å². The molecule has 3 amide bonds. The van der Waals surface area contributed by atoms with Crippen molar-refractivity contribution < 1.29 is 19.3 Å². The Morgan fingerprint density at radius 3 is 2.21 bits per heavy atom. The molecule has 5 aromatic carbocycles. The molecular weight excluding hydrogens is 707 g/mol. The molecule has 0 aliphatic rings. The first kappa shape index (κ1) is 36.4. The Hall–Kier alpha value is -6.37. The lowest BCUT2D eigenvalue weighted by atomic mass is 10.0. The summed E-state index contributed by atoms with van der Waals surface area (Å²) in [5.74, 6) is -1.19. The Morgan fingerprint density at radius 1 is 0.811 bits per heavy atom. The fourth-order valence-electron chi connectivity index (χ4n) is 5.27. The van der Waals surface area contributed by atoms with Crippen LogP contribution in [0.3, 0.4) is 0 Å². The molecule has 1 aromatic heterocycles. The minimum atomic E-state index is -0.517. The SMILES string of the molecule is CCC(Sc1cccc(NC(=O)/C(=C\c2ccc(-c3ccccc3)cc2)NC(=O)c2ccccc2)c1)C(=O)Nc1nc(-c2cccc([N+](=O)[O-])c2)cs1. The molecule has 0 saturated heterocycles. The average Bonchev–Trinajstić information content (AvgIpc) is 3.66. The molecule has 264 valence electrons. The molecule has 3 N–H and O–H groups in total. The Kier molecular flexibility index (Phi) is 11.8. The summed E-state index contributed by atoms with van der Waals surface area (Å²) in [4.78, 5) is 56.1. The zero-order chi connectivity index (χ0) is 37.2. The number of carbonyl (C=O) groups excluding carboxylic acids is 3. The lowest BCUT2D eigenvalue weighted by Gasteiger charge is -2.15. The molecule has 10 nitrogen and oxygen atoms in total. The van der Waals surface area contributed by atoms with Crippen LogP contribution in [-0.2, 0) is 9.59 Å². The van der Waals surface area contributed by atoms with Crippen LogP contribution < -0.4 is 16.0 Å². The molecule has 1 atom stereocenters. The number of nitro benzene ring substituents is 1. The molecule has 0 saturated carbocycles. The van der Waals surface area contributed by atoms with Gasteiger partial charge in [0, 0.05) is 39.2 Å². The second-order valence-electron chi connectivity index (χ2n) is 11.7. The van der Waals surface area contributed by atoms with E-state index in [1.165, 1.54) is 35.2 Å². The maximum atomic E-state index is 13.7. The Balaban J connectivity index is 1.15. The Morgan fingerprint density at radius 2 is 1.49 bits per heavy atom. The van der Waals surface area contributed by atoms with Crippen LogP contribution in [0.2, 0.25) is 0 Å². The number of hydrogen-bond acceptors (Lipinski definition) is 8. The summed E-state index contributed by atoms with van der Waals surface area (Å²) in [5, 5.41) is 21.4. The van der Waals surface area contributed by atoms with Crippen molar-refractivity contribution in [3.8, 4) is 22.4 Å². The van der Waals surface area contributed by atoms with Gasteiger partial charge in [-0.05, 0) is 59.5 Å². The van der Waals surface area contributed by atoms with E-state index in [2.05, 4.69) is 20.9 Å². The van der Waals surface area contributed by atoms with Crippen LogP contribution in [-0.4, -0.2) is 32.9 Å². The maximum Gasteiger partial charge on any atom is 0.272 e. The molecule has 0 radical (unpaired) electrons. The molecule has 1 heterocycles. The van der Waals surface area contributed by atoms with Crippen LogP contribution in [0.4, 0.5) is 16.5 Å². The van der Waals surface area contributed by atoms with Crippen LogP contribution in [0, 0.1) is 10.1 Å². The maximum absolute atomic E-state index is 13.7. The summed E-state index contributed by atoms with van der Waals surface area (Å²) in [7, 11) is 0. The van der Waals surface area contributed by atoms with Crippen molar-refractivity contribution in [2.75, 3.05) is 10.6 Å². The normalized spacial score (nSPS) is 11.7. The number of anilines is 2. The van der Waals surface area contributed by atoms with Gasteiger partial charge in [0.05, 0.1) is 15.9 Å². The number of nitrogens with one attached hydrogen (secondary N) is 3. The van der Waals surface area contributed by atoms with Crippen molar-refractivity contribution in [2.45, 2.75) is 23.5 Å². The summed E-state index contributed by atoms with van der Waals surface area (Å²) >= 11 is 2.57. The van der Waals surface area contributed by atoms with Crippen LogP contribution in [0.15, 0.2) is 149 Å². The van der Waals surface area contributed by atoms with E-state index in [0.717, 1.165) is 21.6 Å². The van der Waals surface area contributed by atoms with Crippen molar-refractivity contribution >= 4 is 63.4 Å². The first-order valence-electron chi connectivity index (χ1n) is 16.6. The van der Waals surface area contributed by atoms with E-state index < -0.39 is 22.0 Å². The highest BCUT2D eigenvalue weighted by Crippen LogP contribution is 2.31. The third kappa shape index (κ3) is 9.70. The number of aromatic nitrogens is 1. The molecule has 1 unspecified atom stereocenters. The molecule has 0 spiro atoms. The van der Waals surface area contributed by atoms with Crippen LogP contribution in [0.5, 0.6) is 0 Å². The number of amides is 3. The summed E-state index contributed by atoms with van der Waals surface area (Å²) in [6.45, 7) is 1.90. The number of carbonyl (C=O) groups is 3. The molecule has 0 fully saturated rings. The van der Waals surface area contributed by atoms with Crippen molar-refractivity contribution in [2.24, 2.45) is 0 Å². The smallest absolute Gasteiger partial charge is 0.272 e. The number of thioether (sulfide) groups is 1. The first-order chi connectivity index (χ1) is 25.7. The third-order valence-electron chi connectivity index (χ3n) is 7.98. The van der Waals surface area contributed by atoms with E-state index in [1.54, 1.807) is 66.1 Å². The number of benzene rings is 5. The van der Waals surface area contributed by atoms with Gasteiger partial charge in [-0.3, -0.25) is 24.5 Å². The minimum Gasteiger partial charge on any atom is -0.321 e. The second-order valence-corrected chi connectivity index (χ2v) is 13.8. The lowest BCUT2D eigenvalue weighted by molar-refractivity contribution is -0.384. The van der Waals surface area contributed by atoms with E-state index in [0.29, 0.717) is 34.1 Å². The van der Waals surface area contributed by atoms with Gasteiger partial charge in [0.1, 0.15) is 5.70 Å². The van der Waals surface area contributed by atoms with Gasteiger partial charge < -0.3 is 16.0 Å². The van der Waals surface area contributed by atoms with E-state index in [9.17, 15) is 24.5 Å². The Bertz CT molecular complexity index is 2280. The van der Waals surface area contributed by atoms with Gasteiger partial charge in [-0.25, -0.2) is 4.98 Å². The van der Waals surface area contributed by atoms with Gasteiger partial charge in [-0.15, -0.1) is 23.1 Å². The van der Waals surface area contributed by atoms with E-state index >= 15 is 0 Å². The average molecular weight is 740 g/mol. The molecule has 6 rings (SSSR count). The predicted octanol–water partition coefficient (Wildman–Crippen LogP) is 9.30. The fourth-order valence-corrected chi connectivity index (χ4v) is 7.01. The molecular formula is C41H33N5O5S2. The number of rotatable bonds is 13. The summed E-state index contributed by atoms with van der Waals surface area (Å²) < 4.78 is 0. The van der Waals surface area contributed by atoms with Gasteiger partial charge in [-0.1, -0.05) is 97.9 Å². The van der Waals surface area contributed by atoms with Crippen molar-refractivity contribution in [1.29, 1.82) is 0 Å². The third-order valence-corrected chi connectivity index (χ3v) is 10.1. The first-order valence-corrected chi connectivity index (χ1v) is 18.3. The van der Waals surface area contributed by atoms with Crippen LogP contribution in [0.1, 0.15) is 29.3 Å². The number of nitrogens with zero attached hydrogens (tertiary/aromatic N) is 2. The topological polar surface area (TPSA) is 143 Å². The van der Waals surface area contributed by atoms with Gasteiger partial charge in [0.25, 0.3) is 17.5 Å². The quantitative estimate of drug-likeness (QED) is 0.0464. The zero-order valence-corrected chi connectivity index (χ0v) is 30.0. The number of non-ortho nitro benzene ring substituents is 1. The molecule has 0 aliphatic heterocycles. The number of nitro groups is 1. The lowest BCUT2D eigenvalue weighted by Crippen LogP contribution is -2.30. The minimum absolute atomic E-state index is 0.0417. The van der Waals surface area contributed by atoms with E-state index in [4.69, 9.17) is 0 Å². The highest BCUT2D eigenvalue weighted by atomic mass is 32.2. The zero-order valence-electron chi connectivity index (χ0n) is 28.4. The van der Waals surface area contributed by atoms with Gasteiger partial charge in [-0.2, -0.15) is 0 Å².